The monoisotopic (exact) mass is 357 g/mol. The van der Waals surface area contributed by atoms with Crippen LogP contribution in [0.2, 0.25) is 0 Å². The number of quaternary nitrogens is 1. The molecule has 3 fully saturated rings. The number of ether oxygens (including phenoxy) is 2. The summed E-state index contributed by atoms with van der Waals surface area (Å²) in [5.41, 5.74) is 1.64. The number of hydroxylamine groups is 3. The highest BCUT2D eigenvalue weighted by Crippen LogP contribution is 2.67. The highest BCUT2D eigenvalue weighted by molar-refractivity contribution is 5.61. The SMILES string of the molecule is CO[C@@]12CCC[C@@H]3Oc4c(O)ccc5c4C31CC[N+]([O-])(CC1CC1)[C@@H]2C5. The molecule has 2 heterocycles. The maximum Gasteiger partial charge on any atom is 0.165 e. The fourth-order valence-electron chi connectivity index (χ4n) is 7.14. The minimum Gasteiger partial charge on any atom is -0.632 e. The minimum absolute atomic E-state index is 0.0238. The Labute approximate surface area is 154 Å². The Morgan fingerprint density at radius 1 is 1.31 bits per heavy atom. The number of piperidine rings is 1. The van der Waals surface area contributed by atoms with Crippen LogP contribution in [0.1, 0.15) is 49.7 Å². The zero-order valence-electron chi connectivity index (χ0n) is 15.4. The van der Waals surface area contributed by atoms with E-state index in [1.807, 2.05) is 6.07 Å². The van der Waals surface area contributed by atoms with Crippen LogP contribution in [0.15, 0.2) is 12.1 Å². The first kappa shape index (κ1) is 15.7. The number of nitrogens with zero attached hydrogens (tertiary/aromatic N) is 1. The maximum absolute atomic E-state index is 14.1. The van der Waals surface area contributed by atoms with Crippen LogP contribution in [-0.2, 0) is 16.6 Å². The molecule has 0 aromatic heterocycles. The van der Waals surface area contributed by atoms with E-state index < -0.39 is 5.60 Å². The highest BCUT2D eigenvalue weighted by Gasteiger charge is 2.75. The van der Waals surface area contributed by atoms with Gasteiger partial charge in [-0.2, -0.15) is 0 Å². The number of benzene rings is 1. The molecule has 0 amide bonds. The van der Waals surface area contributed by atoms with E-state index in [4.69, 9.17) is 9.47 Å². The standard InChI is InChI=1S/C21H27NO4/c1-25-21-8-2-3-17-20(21)9-10-22(24,12-13-4-5-13)16(21)11-14-6-7-15(23)19(26-17)18(14)20/h6-7,13,16-17,23H,2-5,8-12H2,1H3/t16-,17+,20?,21-,22?/m1/s1. The normalized spacial score (nSPS) is 45.2. The van der Waals surface area contributed by atoms with Gasteiger partial charge in [-0.05, 0) is 43.7 Å². The largest absolute Gasteiger partial charge is 0.632 e. The second-order valence-electron chi connectivity index (χ2n) is 9.28. The molecule has 26 heavy (non-hydrogen) atoms. The Morgan fingerprint density at radius 3 is 2.92 bits per heavy atom. The summed E-state index contributed by atoms with van der Waals surface area (Å²) in [6, 6.07) is 3.71. The number of hydrogen-bond donors (Lipinski definition) is 1. The van der Waals surface area contributed by atoms with E-state index in [-0.39, 0.29) is 28.0 Å². The van der Waals surface area contributed by atoms with Gasteiger partial charge in [0.05, 0.1) is 18.5 Å². The molecule has 1 N–H and O–H groups in total. The molecular weight excluding hydrogens is 330 g/mol. The number of methoxy groups -OCH3 is 1. The van der Waals surface area contributed by atoms with Gasteiger partial charge in [-0.1, -0.05) is 6.07 Å². The van der Waals surface area contributed by atoms with Crippen LogP contribution < -0.4 is 4.74 Å². The maximum atomic E-state index is 14.1. The highest BCUT2D eigenvalue weighted by atomic mass is 16.6. The van der Waals surface area contributed by atoms with Crippen molar-refractivity contribution in [3.63, 3.8) is 0 Å². The lowest BCUT2D eigenvalue weighted by molar-refractivity contribution is -0.924. The number of phenols is 1. The van der Waals surface area contributed by atoms with Gasteiger partial charge < -0.3 is 24.4 Å². The fourth-order valence-corrected chi connectivity index (χ4v) is 7.14. The van der Waals surface area contributed by atoms with Crippen molar-refractivity contribution >= 4 is 0 Å². The van der Waals surface area contributed by atoms with Crippen LogP contribution >= 0.6 is 0 Å². The zero-order chi connectivity index (χ0) is 17.7. The van der Waals surface area contributed by atoms with Crippen molar-refractivity contribution in [2.75, 3.05) is 20.2 Å². The van der Waals surface area contributed by atoms with E-state index in [9.17, 15) is 10.3 Å². The molecule has 5 nitrogen and oxygen atoms in total. The summed E-state index contributed by atoms with van der Waals surface area (Å²) in [6.45, 7) is 1.40. The van der Waals surface area contributed by atoms with E-state index in [0.29, 0.717) is 18.2 Å². The Bertz CT molecular complexity index is 792. The second-order valence-corrected chi connectivity index (χ2v) is 9.28. The molecule has 1 aromatic rings. The molecular formula is C21H27NO4. The van der Waals surface area contributed by atoms with Crippen LogP contribution in [0.4, 0.5) is 0 Å². The van der Waals surface area contributed by atoms with Crippen molar-refractivity contribution in [3.8, 4) is 11.5 Å². The van der Waals surface area contributed by atoms with E-state index >= 15 is 0 Å². The van der Waals surface area contributed by atoms with Gasteiger partial charge in [-0.15, -0.1) is 0 Å². The summed E-state index contributed by atoms with van der Waals surface area (Å²) in [5.74, 6) is 1.51. The molecule has 1 spiro atoms. The van der Waals surface area contributed by atoms with Crippen molar-refractivity contribution in [2.24, 2.45) is 5.92 Å². The molecule has 2 saturated carbocycles. The van der Waals surface area contributed by atoms with Crippen molar-refractivity contribution in [1.29, 1.82) is 0 Å². The number of rotatable bonds is 3. The molecule has 1 aromatic carbocycles. The first-order valence-corrected chi connectivity index (χ1v) is 10.2. The molecule has 2 unspecified atom stereocenters. The van der Waals surface area contributed by atoms with Gasteiger partial charge in [0.2, 0.25) is 0 Å². The lowest BCUT2D eigenvalue weighted by Crippen LogP contribution is -2.79. The van der Waals surface area contributed by atoms with Gasteiger partial charge in [-0.25, -0.2) is 0 Å². The van der Waals surface area contributed by atoms with Gasteiger partial charge in [0.1, 0.15) is 17.7 Å². The van der Waals surface area contributed by atoms with Gasteiger partial charge in [0, 0.05) is 31.4 Å². The van der Waals surface area contributed by atoms with Crippen molar-refractivity contribution in [1.82, 2.24) is 0 Å². The van der Waals surface area contributed by atoms with Crippen LogP contribution in [-0.4, -0.2) is 47.7 Å². The first-order chi connectivity index (χ1) is 12.5. The zero-order valence-corrected chi connectivity index (χ0v) is 15.4. The van der Waals surface area contributed by atoms with E-state index in [1.54, 1.807) is 13.2 Å². The average molecular weight is 357 g/mol. The van der Waals surface area contributed by atoms with Crippen LogP contribution in [0.25, 0.3) is 0 Å². The summed E-state index contributed by atoms with van der Waals surface area (Å²) in [4.78, 5) is 0. The van der Waals surface area contributed by atoms with E-state index in [0.717, 1.165) is 44.2 Å². The summed E-state index contributed by atoms with van der Waals surface area (Å²) in [7, 11) is 1.80. The first-order valence-electron chi connectivity index (χ1n) is 10.2. The summed E-state index contributed by atoms with van der Waals surface area (Å²) >= 11 is 0. The van der Waals surface area contributed by atoms with Gasteiger partial charge in [-0.3, -0.25) is 0 Å². The molecule has 3 aliphatic carbocycles. The average Bonchev–Trinajstić information content (AvgIpc) is 3.37. The summed E-state index contributed by atoms with van der Waals surface area (Å²) in [5, 5.41) is 24.6. The number of phenolic OH excluding ortho intramolecular Hbond substituents is 1. The third kappa shape index (κ3) is 1.60. The fraction of sp³-hybridized carbons (Fsp3) is 0.714. The number of hydrogen-bond acceptors (Lipinski definition) is 4. The van der Waals surface area contributed by atoms with Crippen LogP contribution in [0.3, 0.4) is 0 Å². The third-order valence-electron chi connectivity index (χ3n) is 8.28. The molecule has 6 rings (SSSR count). The second kappa shape index (κ2) is 4.75. The molecule has 2 bridgehead atoms. The van der Waals surface area contributed by atoms with Crippen molar-refractivity contribution in [2.45, 2.75) is 68.1 Å². The Morgan fingerprint density at radius 2 is 2.15 bits per heavy atom. The van der Waals surface area contributed by atoms with Gasteiger partial charge in [0.15, 0.2) is 11.5 Å². The van der Waals surface area contributed by atoms with E-state index in [2.05, 4.69) is 0 Å². The topological polar surface area (TPSA) is 61.8 Å². The molecule has 1 saturated heterocycles. The Hall–Kier alpha value is -1.30. The Kier molecular flexibility index (Phi) is 2.87. The number of aromatic hydroxyl groups is 1. The minimum atomic E-state index is -0.461. The lowest BCUT2D eigenvalue weighted by Gasteiger charge is -2.68. The molecule has 2 aliphatic heterocycles. The lowest BCUT2D eigenvalue weighted by atomic mass is 9.49. The Balaban J connectivity index is 1.60. The van der Waals surface area contributed by atoms with Crippen molar-refractivity contribution < 1.29 is 19.2 Å². The predicted octanol–water partition coefficient (Wildman–Crippen LogP) is 3.01. The van der Waals surface area contributed by atoms with Crippen LogP contribution in [0.5, 0.6) is 11.5 Å². The molecule has 5 atom stereocenters. The third-order valence-corrected chi connectivity index (χ3v) is 8.28. The quantitative estimate of drug-likeness (QED) is 0.667. The molecule has 5 heteroatoms. The summed E-state index contributed by atoms with van der Waals surface area (Å²) < 4.78 is 12.6. The molecule has 140 valence electrons. The molecule has 0 radical (unpaired) electrons. The predicted molar refractivity (Wildman–Crippen MR) is 96.0 cm³/mol. The summed E-state index contributed by atoms with van der Waals surface area (Å²) in [6.07, 6.45) is 6.91. The molecule has 5 aliphatic rings. The van der Waals surface area contributed by atoms with Gasteiger partial charge in [0.25, 0.3) is 0 Å². The smallest absolute Gasteiger partial charge is 0.165 e. The van der Waals surface area contributed by atoms with E-state index in [1.165, 1.54) is 18.4 Å². The van der Waals surface area contributed by atoms with Crippen LogP contribution in [0, 0.1) is 11.1 Å². The number of likely N-dealkylation sites (tertiary alicyclic amines) is 1. The van der Waals surface area contributed by atoms with Gasteiger partial charge >= 0.3 is 0 Å². The van der Waals surface area contributed by atoms with Crippen molar-refractivity contribution in [3.05, 3.63) is 28.5 Å².